The number of hydrogen-bond acceptors (Lipinski definition) is 4. The van der Waals surface area contributed by atoms with Crippen LogP contribution in [0.2, 0.25) is 10.0 Å². The average molecular weight is 433 g/mol. The number of rotatable bonds is 3. The van der Waals surface area contributed by atoms with E-state index >= 15 is 0 Å². The summed E-state index contributed by atoms with van der Waals surface area (Å²) in [6.07, 6.45) is 3.47. The first-order valence-corrected chi connectivity index (χ1v) is 10.2. The van der Waals surface area contributed by atoms with Gasteiger partial charge in [-0.25, -0.2) is 4.98 Å². The molecule has 1 amide bonds. The lowest BCUT2D eigenvalue weighted by Crippen LogP contribution is -2.48. The Bertz CT molecular complexity index is 1070. The number of pyridine rings is 1. The lowest BCUT2D eigenvalue weighted by molar-refractivity contribution is -0.0587. The van der Waals surface area contributed by atoms with E-state index in [1.807, 2.05) is 37.1 Å². The van der Waals surface area contributed by atoms with E-state index in [1.54, 1.807) is 22.7 Å². The summed E-state index contributed by atoms with van der Waals surface area (Å²) < 4.78 is 7.54. The quantitative estimate of drug-likeness (QED) is 0.678. The first-order valence-electron chi connectivity index (χ1n) is 9.47. The second-order valence-corrected chi connectivity index (χ2v) is 8.22. The van der Waals surface area contributed by atoms with Gasteiger partial charge in [0.1, 0.15) is 11.3 Å². The highest BCUT2D eigenvalue weighted by atomic mass is 35.5. The third-order valence-corrected chi connectivity index (χ3v) is 5.65. The van der Waals surface area contributed by atoms with E-state index in [0.29, 0.717) is 41.0 Å². The van der Waals surface area contributed by atoms with Crippen molar-refractivity contribution in [2.75, 3.05) is 13.1 Å². The van der Waals surface area contributed by atoms with Crippen molar-refractivity contribution in [3.8, 4) is 11.1 Å². The second-order valence-electron chi connectivity index (χ2n) is 7.38. The summed E-state index contributed by atoms with van der Waals surface area (Å²) in [6.45, 7) is 5.36. The molecule has 1 aliphatic heterocycles. The fraction of sp³-hybridized carbons (Fsp3) is 0.333. The van der Waals surface area contributed by atoms with Crippen LogP contribution < -0.4 is 5.73 Å². The fourth-order valence-corrected chi connectivity index (χ4v) is 4.36. The number of hydrogen-bond donors (Lipinski definition) is 1. The molecule has 0 aliphatic carbocycles. The van der Waals surface area contributed by atoms with E-state index in [2.05, 4.69) is 4.98 Å². The third-order valence-electron chi connectivity index (χ3n) is 5.10. The van der Waals surface area contributed by atoms with Gasteiger partial charge in [0.05, 0.1) is 18.4 Å². The van der Waals surface area contributed by atoms with Crippen LogP contribution in [-0.4, -0.2) is 45.5 Å². The molecule has 1 fully saturated rings. The minimum Gasteiger partial charge on any atom is -0.372 e. The van der Waals surface area contributed by atoms with Crippen LogP contribution in [-0.2, 0) is 11.3 Å². The molecule has 8 heteroatoms. The van der Waals surface area contributed by atoms with Gasteiger partial charge >= 0.3 is 0 Å². The number of halogens is 2. The van der Waals surface area contributed by atoms with Gasteiger partial charge in [-0.15, -0.1) is 0 Å². The Labute approximate surface area is 179 Å². The van der Waals surface area contributed by atoms with E-state index in [4.69, 9.17) is 33.7 Å². The standard InChI is InChI=1S/C21H22Cl2N4O2/c1-12-9-26(10-13(2)29-12)21(28)19-8-25-20-5-14(7-24)17(11-27(19)20)16-4-3-15(22)6-18(16)23/h3-6,8,11-13H,7,9-10,24H2,1-2H3. The maximum absolute atomic E-state index is 13.2. The predicted octanol–water partition coefficient (Wildman–Crippen LogP) is 4.02. The first kappa shape index (κ1) is 20.2. The number of carbonyl (C=O) groups excluding carboxylic acids is 1. The molecular formula is C21H22Cl2N4O2. The van der Waals surface area contributed by atoms with Crippen molar-refractivity contribution >= 4 is 34.8 Å². The Hall–Kier alpha value is -2.12. The van der Waals surface area contributed by atoms with Crippen LogP contribution in [0.25, 0.3) is 16.8 Å². The molecule has 152 valence electrons. The summed E-state index contributed by atoms with van der Waals surface area (Å²) in [7, 11) is 0. The number of benzene rings is 1. The highest BCUT2D eigenvalue weighted by molar-refractivity contribution is 6.36. The molecule has 0 saturated carbocycles. The van der Waals surface area contributed by atoms with E-state index in [0.717, 1.165) is 16.7 Å². The van der Waals surface area contributed by atoms with Crippen LogP contribution >= 0.6 is 23.2 Å². The van der Waals surface area contributed by atoms with Gasteiger partial charge < -0.3 is 15.4 Å². The number of amides is 1. The van der Waals surface area contributed by atoms with Gasteiger partial charge in [0.25, 0.3) is 5.91 Å². The third kappa shape index (κ3) is 3.85. The average Bonchev–Trinajstić information content (AvgIpc) is 3.08. The number of aromatic nitrogens is 2. The summed E-state index contributed by atoms with van der Waals surface area (Å²) in [5.41, 5.74) is 9.68. The molecule has 0 spiro atoms. The summed E-state index contributed by atoms with van der Waals surface area (Å²) in [4.78, 5) is 19.5. The van der Waals surface area contributed by atoms with Crippen molar-refractivity contribution in [1.82, 2.24) is 14.3 Å². The SMILES string of the molecule is CC1CN(C(=O)c2cnc3cc(CN)c(-c4ccc(Cl)cc4Cl)cn23)CC(C)O1. The Morgan fingerprint density at radius 3 is 2.59 bits per heavy atom. The van der Waals surface area contributed by atoms with Gasteiger partial charge in [0, 0.05) is 47.0 Å². The molecule has 1 saturated heterocycles. The highest BCUT2D eigenvalue weighted by Crippen LogP contribution is 2.33. The van der Waals surface area contributed by atoms with Crippen LogP contribution in [0.3, 0.4) is 0 Å². The number of imidazole rings is 1. The van der Waals surface area contributed by atoms with E-state index in [-0.39, 0.29) is 18.1 Å². The van der Waals surface area contributed by atoms with Gasteiger partial charge in [-0.2, -0.15) is 0 Å². The van der Waals surface area contributed by atoms with Crippen molar-refractivity contribution in [1.29, 1.82) is 0 Å². The maximum Gasteiger partial charge on any atom is 0.272 e. The molecule has 6 nitrogen and oxygen atoms in total. The monoisotopic (exact) mass is 432 g/mol. The number of fused-ring (bicyclic) bond motifs is 1. The smallest absolute Gasteiger partial charge is 0.272 e. The minimum atomic E-state index is -0.0758. The van der Waals surface area contributed by atoms with Gasteiger partial charge in [-0.1, -0.05) is 29.3 Å². The molecule has 2 atom stereocenters. The van der Waals surface area contributed by atoms with Gasteiger partial charge in [-0.3, -0.25) is 9.20 Å². The van der Waals surface area contributed by atoms with E-state index in [9.17, 15) is 4.79 Å². The Morgan fingerprint density at radius 2 is 1.93 bits per heavy atom. The molecule has 1 aromatic carbocycles. The van der Waals surface area contributed by atoms with Gasteiger partial charge in [-0.05, 0) is 37.6 Å². The van der Waals surface area contributed by atoms with Crippen molar-refractivity contribution in [2.45, 2.75) is 32.6 Å². The van der Waals surface area contributed by atoms with Gasteiger partial charge in [0.2, 0.25) is 0 Å². The molecule has 0 radical (unpaired) electrons. The lowest BCUT2D eigenvalue weighted by atomic mass is 10.0. The van der Waals surface area contributed by atoms with Crippen LogP contribution in [0.5, 0.6) is 0 Å². The summed E-state index contributed by atoms with van der Waals surface area (Å²) in [5, 5.41) is 1.08. The second kappa shape index (κ2) is 7.95. The zero-order valence-corrected chi connectivity index (χ0v) is 17.7. The zero-order valence-electron chi connectivity index (χ0n) is 16.2. The van der Waals surface area contributed by atoms with Crippen molar-refractivity contribution in [3.05, 3.63) is 58.0 Å². The zero-order chi connectivity index (χ0) is 20.7. The Balaban J connectivity index is 1.80. The fourth-order valence-electron chi connectivity index (χ4n) is 3.85. The van der Waals surface area contributed by atoms with Crippen LogP contribution in [0, 0.1) is 0 Å². The topological polar surface area (TPSA) is 72.9 Å². The summed E-state index contributed by atoms with van der Waals surface area (Å²) >= 11 is 12.5. The van der Waals surface area contributed by atoms with E-state index < -0.39 is 0 Å². The molecule has 2 unspecified atom stereocenters. The summed E-state index contributed by atoms with van der Waals surface area (Å²) in [6, 6.07) is 7.22. The molecule has 1 aliphatic rings. The van der Waals surface area contributed by atoms with Crippen molar-refractivity contribution < 1.29 is 9.53 Å². The molecule has 2 N–H and O–H groups in total. The first-order chi connectivity index (χ1) is 13.9. The number of nitrogens with zero attached hydrogens (tertiary/aromatic N) is 3. The molecule has 3 aromatic rings. The summed E-state index contributed by atoms with van der Waals surface area (Å²) in [5.74, 6) is -0.0758. The molecular weight excluding hydrogens is 411 g/mol. The molecule has 0 bridgehead atoms. The number of carbonyl (C=O) groups is 1. The molecule has 2 aromatic heterocycles. The molecule has 3 heterocycles. The van der Waals surface area contributed by atoms with Crippen molar-refractivity contribution in [2.24, 2.45) is 5.73 Å². The predicted molar refractivity (Wildman–Crippen MR) is 114 cm³/mol. The number of nitrogens with two attached hydrogens (primary N) is 1. The largest absolute Gasteiger partial charge is 0.372 e. The number of ether oxygens (including phenoxy) is 1. The van der Waals surface area contributed by atoms with Crippen molar-refractivity contribution in [3.63, 3.8) is 0 Å². The molecule has 4 rings (SSSR count). The Morgan fingerprint density at radius 1 is 1.21 bits per heavy atom. The van der Waals surface area contributed by atoms with Gasteiger partial charge in [0.15, 0.2) is 0 Å². The lowest BCUT2D eigenvalue weighted by Gasteiger charge is -2.35. The minimum absolute atomic E-state index is 0.00540. The maximum atomic E-state index is 13.2. The molecule has 29 heavy (non-hydrogen) atoms. The normalized spacial score (nSPS) is 19.7. The van der Waals surface area contributed by atoms with E-state index in [1.165, 1.54) is 0 Å². The number of morpholine rings is 1. The van der Waals surface area contributed by atoms with Crippen LogP contribution in [0.15, 0.2) is 36.7 Å². The van der Waals surface area contributed by atoms with Crippen LogP contribution in [0.4, 0.5) is 0 Å². The van der Waals surface area contributed by atoms with Crippen LogP contribution in [0.1, 0.15) is 29.9 Å². The highest BCUT2D eigenvalue weighted by Gasteiger charge is 2.28. The Kier molecular flexibility index (Phi) is 5.53.